The predicted molar refractivity (Wildman–Crippen MR) is 46.9 cm³/mol. The highest BCUT2D eigenvalue weighted by Crippen LogP contribution is 2.20. The van der Waals surface area contributed by atoms with Crippen molar-refractivity contribution in [3.63, 3.8) is 0 Å². The number of carbonyl (C=O) groups excluding carboxylic acids is 1. The summed E-state index contributed by atoms with van der Waals surface area (Å²) in [5.74, 6) is -0.116. The number of rotatable bonds is 2. The third kappa shape index (κ3) is 1.97. The molecule has 0 aliphatic carbocycles. The summed E-state index contributed by atoms with van der Waals surface area (Å²) >= 11 is 0. The second-order valence-electron chi connectivity index (χ2n) is 3.82. The summed E-state index contributed by atoms with van der Waals surface area (Å²) in [5, 5.41) is 3.16. The number of nitrogens with one attached hydrogen (secondary N) is 1. The summed E-state index contributed by atoms with van der Waals surface area (Å²) in [6.45, 7) is 6.57. The molecule has 1 fully saturated rings. The van der Waals surface area contributed by atoms with Gasteiger partial charge in [0.05, 0.1) is 6.10 Å². The lowest BCUT2D eigenvalue weighted by Crippen LogP contribution is -2.46. The summed E-state index contributed by atoms with van der Waals surface area (Å²) in [6, 6.07) is 0. The Hall–Kier alpha value is -0.570. The number of hydrogen-bond acceptors (Lipinski definition) is 3. The molecule has 1 N–H and O–H groups in total. The molecule has 3 heteroatoms. The first-order chi connectivity index (χ1) is 5.54. The Morgan fingerprint density at radius 2 is 2.25 bits per heavy atom. The maximum atomic E-state index is 11.5. The molecule has 0 radical (unpaired) electrons. The van der Waals surface area contributed by atoms with Crippen molar-refractivity contribution in [1.29, 1.82) is 0 Å². The van der Waals surface area contributed by atoms with Crippen molar-refractivity contribution in [2.75, 3.05) is 6.54 Å². The summed E-state index contributed by atoms with van der Waals surface area (Å²) in [4.78, 5) is 11.5. The molecule has 0 bridgehead atoms. The van der Waals surface area contributed by atoms with Crippen LogP contribution in [0.15, 0.2) is 0 Å². The summed E-state index contributed by atoms with van der Waals surface area (Å²) in [6.07, 6.45) is 1.93. The first kappa shape index (κ1) is 9.52. The van der Waals surface area contributed by atoms with E-state index in [-0.39, 0.29) is 12.1 Å². The monoisotopic (exact) mass is 171 g/mol. The fourth-order valence-electron chi connectivity index (χ4n) is 1.41. The van der Waals surface area contributed by atoms with Crippen molar-refractivity contribution in [1.82, 2.24) is 5.32 Å². The zero-order valence-electron chi connectivity index (χ0n) is 8.02. The molecule has 1 heterocycles. The molecule has 0 aromatic rings. The lowest BCUT2D eigenvalue weighted by atomic mass is 10.0. The molecule has 1 unspecified atom stereocenters. The normalized spacial score (nSPS) is 29.3. The smallest absolute Gasteiger partial charge is 0.326 e. The van der Waals surface area contributed by atoms with Crippen LogP contribution in [0.25, 0.3) is 0 Å². The fraction of sp³-hybridized carbons (Fsp3) is 0.889. The standard InChI is InChI=1S/C9H17NO2/c1-7(2)12-8(11)9(3)5-4-6-10-9/h7,10H,4-6H2,1-3H3. The van der Waals surface area contributed by atoms with E-state index in [4.69, 9.17) is 4.74 Å². The maximum Gasteiger partial charge on any atom is 0.326 e. The Labute approximate surface area is 73.5 Å². The Morgan fingerprint density at radius 1 is 1.58 bits per heavy atom. The lowest BCUT2D eigenvalue weighted by Gasteiger charge is -2.23. The van der Waals surface area contributed by atoms with Gasteiger partial charge in [0.15, 0.2) is 0 Å². The SMILES string of the molecule is CC(C)OC(=O)C1(C)CCCN1. The fourth-order valence-corrected chi connectivity index (χ4v) is 1.41. The number of carbonyl (C=O) groups is 1. The average molecular weight is 171 g/mol. The molecule has 70 valence electrons. The Bertz CT molecular complexity index is 171. The van der Waals surface area contributed by atoms with E-state index >= 15 is 0 Å². The minimum atomic E-state index is -0.426. The lowest BCUT2D eigenvalue weighted by molar-refractivity contribution is -0.154. The minimum Gasteiger partial charge on any atom is -0.462 e. The first-order valence-electron chi connectivity index (χ1n) is 4.51. The predicted octanol–water partition coefficient (Wildman–Crippen LogP) is 1.08. The van der Waals surface area contributed by atoms with Gasteiger partial charge >= 0.3 is 5.97 Å². The Morgan fingerprint density at radius 3 is 2.67 bits per heavy atom. The van der Waals surface area contributed by atoms with Crippen LogP contribution < -0.4 is 5.32 Å². The molecule has 0 spiro atoms. The van der Waals surface area contributed by atoms with E-state index in [9.17, 15) is 4.79 Å². The zero-order valence-corrected chi connectivity index (χ0v) is 8.02. The summed E-state index contributed by atoms with van der Waals surface area (Å²) < 4.78 is 5.14. The number of ether oxygens (including phenoxy) is 1. The number of hydrogen-bond donors (Lipinski definition) is 1. The van der Waals surface area contributed by atoms with Gasteiger partial charge in [-0.25, -0.2) is 0 Å². The second-order valence-corrected chi connectivity index (χ2v) is 3.82. The third-order valence-electron chi connectivity index (χ3n) is 2.16. The molecule has 1 atom stereocenters. The van der Waals surface area contributed by atoms with Crippen molar-refractivity contribution in [3.05, 3.63) is 0 Å². The third-order valence-corrected chi connectivity index (χ3v) is 2.16. The van der Waals surface area contributed by atoms with Crippen molar-refractivity contribution in [2.45, 2.75) is 45.3 Å². The minimum absolute atomic E-state index is 0.0169. The van der Waals surface area contributed by atoms with Crippen molar-refractivity contribution < 1.29 is 9.53 Å². The molecule has 3 nitrogen and oxygen atoms in total. The molecule has 1 aliphatic rings. The van der Waals surface area contributed by atoms with E-state index in [1.165, 1.54) is 0 Å². The maximum absolute atomic E-state index is 11.5. The van der Waals surface area contributed by atoms with Gasteiger partial charge in [-0.05, 0) is 40.2 Å². The topological polar surface area (TPSA) is 38.3 Å². The highest BCUT2D eigenvalue weighted by molar-refractivity contribution is 5.80. The van der Waals surface area contributed by atoms with E-state index in [0.29, 0.717) is 0 Å². The van der Waals surface area contributed by atoms with Crippen molar-refractivity contribution >= 4 is 5.97 Å². The van der Waals surface area contributed by atoms with Gasteiger partial charge in [-0.15, -0.1) is 0 Å². The van der Waals surface area contributed by atoms with Gasteiger partial charge in [0.1, 0.15) is 5.54 Å². The summed E-state index contributed by atoms with van der Waals surface area (Å²) in [7, 11) is 0. The Balaban J connectivity index is 2.50. The highest BCUT2D eigenvalue weighted by atomic mass is 16.5. The van der Waals surface area contributed by atoms with Gasteiger partial charge in [-0.1, -0.05) is 0 Å². The first-order valence-corrected chi connectivity index (χ1v) is 4.51. The van der Waals surface area contributed by atoms with E-state index in [0.717, 1.165) is 19.4 Å². The van der Waals surface area contributed by atoms with Gasteiger partial charge in [0.2, 0.25) is 0 Å². The summed E-state index contributed by atoms with van der Waals surface area (Å²) in [5.41, 5.74) is -0.426. The molecule has 0 aromatic heterocycles. The molecular weight excluding hydrogens is 154 g/mol. The van der Waals surface area contributed by atoms with Gasteiger partial charge in [0, 0.05) is 0 Å². The molecule has 0 saturated carbocycles. The second kappa shape index (κ2) is 3.44. The quantitative estimate of drug-likeness (QED) is 0.632. The molecular formula is C9H17NO2. The average Bonchev–Trinajstić information content (AvgIpc) is 2.36. The molecule has 1 saturated heterocycles. The van der Waals surface area contributed by atoms with Crippen molar-refractivity contribution in [3.8, 4) is 0 Å². The molecule has 12 heavy (non-hydrogen) atoms. The highest BCUT2D eigenvalue weighted by Gasteiger charge is 2.37. The van der Waals surface area contributed by atoms with Crippen LogP contribution in [-0.4, -0.2) is 24.2 Å². The van der Waals surface area contributed by atoms with E-state index in [1.807, 2.05) is 20.8 Å². The zero-order chi connectivity index (χ0) is 9.19. The van der Waals surface area contributed by atoms with Gasteiger partial charge < -0.3 is 10.1 Å². The van der Waals surface area contributed by atoms with Gasteiger partial charge in [0.25, 0.3) is 0 Å². The Kier molecular flexibility index (Phi) is 2.73. The van der Waals surface area contributed by atoms with Crippen LogP contribution in [0.4, 0.5) is 0 Å². The van der Waals surface area contributed by atoms with Crippen LogP contribution in [0.2, 0.25) is 0 Å². The molecule has 1 aliphatic heterocycles. The van der Waals surface area contributed by atoms with Crippen LogP contribution in [0.3, 0.4) is 0 Å². The van der Waals surface area contributed by atoms with E-state index < -0.39 is 5.54 Å². The van der Waals surface area contributed by atoms with Crippen molar-refractivity contribution in [2.24, 2.45) is 0 Å². The van der Waals surface area contributed by atoms with Gasteiger partial charge in [-0.3, -0.25) is 4.79 Å². The molecule has 0 amide bonds. The van der Waals surface area contributed by atoms with Crippen LogP contribution in [0.1, 0.15) is 33.6 Å². The van der Waals surface area contributed by atoms with Crippen LogP contribution in [0, 0.1) is 0 Å². The van der Waals surface area contributed by atoms with Crippen LogP contribution in [0.5, 0.6) is 0 Å². The molecule has 1 rings (SSSR count). The van der Waals surface area contributed by atoms with E-state index in [1.54, 1.807) is 0 Å². The van der Waals surface area contributed by atoms with Crippen LogP contribution in [-0.2, 0) is 9.53 Å². The molecule has 0 aromatic carbocycles. The number of esters is 1. The van der Waals surface area contributed by atoms with Crippen LogP contribution >= 0.6 is 0 Å². The van der Waals surface area contributed by atoms with Gasteiger partial charge in [-0.2, -0.15) is 0 Å². The van der Waals surface area contributed by atoms with E-state index in [2.05, 4.69) is 5.32 Å². The largest absolute Gasteiger partial charge is 0.462 e.